The van der Waals surface area contributed by atoms with E-state index in [-0.39, 0.29) is 5.91 Å². The molecule has 4 nitrogen and oxygen atoms in total. The maximum absolute atomic E-state index is 11.7. The van der Waals surface area contributed by atoms with E-state index in [4.69, 9.17) is 9.57 Å². The summed E-state index contributed by atoms with van der Waals surface area (Å²) < 4.78 is 4.79. The third kappa shape index (κ3) is 3.84. The van der Waals surface area contributed by atoms with E-state index in [1.165, 1.54) is 11.8 Å². The van der Waals surface area contributed by atoms with Crippen LogP contribution in [-0.4, -0.2) is 32.5 Å². The Kier molecular flexibility index (Phi) is 5.92. The van der Waals surface area contributed by atoms with Crippen molar-refractivity contribution in [3.63, 3.8) is 0 Å². The number of hydrogen-bond acceptors (Lipinski definition) is 4. The maximum atomic E-state index is 11.7. The van der Waals surface area contributed by atoms with Crippen molar-refractivity contribution in [3.05, 3.63) is 29.8 Å². The first-order valence-electron chi connectivity index (χ1n) is 4.83. The highest BCUT2D eigenvalue weighted by Gasteiger charge is 2.09. The zero-order valence-corrected chi connectivity index (χ0v) is 10.2. The van der Waals surface area contributed by atoms with Gasteiger partial charge in [0.05, 0.1) is 18.8 Å². The Balaban J connectivity index is 2.52. The van der Waals surface area contributed by atoms with E-state index >= 15 is 0 Å². The molecule has 0 unspecified atom stereocenters. The number of hydrogen-bond donors (Lipinski definition) is 1. The molecule has 0 spiro atoms. The number of rotatable bonds is 6. The number of ether oxygens (including phenoxy) is 1. The van der Waals surface area contributed by atoms with E-state index in [0.29, 0.717) is 18.8 Å². The lowest BCUT2D eigenvalue weighted by Crippen LogP contribution is -2.25. The van der Waals surface area contributed by atoms with Gasteiger partial charge in [0, 0.05) is 12.0 Å². The zero-order valence-electron chi connectivity index (χ0n) is 9.36. The summed E-state index contributed by atoms with van der Waals surface area (Å²) in [6, 6.07) is 7.38. The smallest absolute Gasteiger partial charge is 0.275 e. The van der Waals surface area contributed by atoms with E-state index in [0.717, 1.165) is 4.90 Å². The predicted octanol–water partition coefficient (Wildman–Crippen LogP) is 1.72. The van der Waals surface area contributed by atoms with Gasteiger partial charge in [-0.1, -0.05) is 12.1 Å². The summed E-state index contributed by atoms with van der Waals surface area (Å²) in [5.41, 5.74) is 2.99. The average Bonchev–Trinajstić information content (AvgIpc) is 2.34. The molecule has 0 bridgehead atoms. The summed E-state index contributed by atoms with van der Waals surface area (Å²) >= 11 is 1.53. The molecule has 0 atom stereocenters. The van der Waals surface area contributed by atoms with Gasteiger partial charge in [0.15, 0.2) is 0 Å². The van der Waals surface area contributed by atoms with Crippen LogP contribution in [0.25, 0.3) is 0 Å². The summed E-state index contributed by atoms with van der Waals surface area (Å²) in [6.07, 6.45) is 1.93. The molecule has 1 aromatic rings. The summed E-state index contributed by atoms with van der Waals surface area (Å²) in [6.45, 7) is 0.786. The van der Waals surface area contributed by atoms with Crippen LogP contribution >= 0.6 is 11.8 Å². The average molecular weight is 241 g/mol. The van der Waals surface area contributed by atoms with Gasteiger partial charge in [0.2, 0.25) is 0 Å². The molecule has 1 N–H and O–H groups in total. The van der Waals surface area contributed by atoms with Crippen LogP contribution in [0, 0.1) is 0 Å². The molecule has 0 radical (unpaired) electrons. The van der Waals surface area contributed by atoms with E-state index < -0.39 is 0 Å². The lowest BCUT2D eigenvalue weighted by Gasteiger charge is -2.08. The Morgan fingerprint density at radius 1 is 1.38 bits per heavy atom. The predicted molar refractivity (Wildman–Crippen MR) is 63.5 cm³/mol. The standard InChI is InChI=1S/C11H15NO3S/c1-14-7-8-15-12-11(13)9-5-3-4-6-10(9)16-2/h3-6H,7-8H2,1-2H3,(H,12,13). The molecule has 88 valence electrons. The van der Waals surface area contributed by atoms with Crippen LogP contribution in [0.5, 0.6) is 0 Å². The summed E-state index contributed by atoms with van der Waals surface area (Å²) in [5.74, 6) is -0.235. The SMILES string of the molecule is COCCONC(=O)c1ccccc1SC. The van der Waals surface area contributed by atoms with Crippen molar-refractivity contribution in [2.75, 3.05) is 26.6 Å². The Morgan fingerprint density at radius 3 is 2.81 bits per heavy atom. The quantitative estimate of drug-likeness (QED) is 0.468. The fourth-order valence-corrected chi connectivity index (χ4v) is 1.72. The molecule has 16 heavy (non-hydrogen) atoms. The van der Waals surface area contributed by atoms with Crippen molar-refractivity contribution in [1.82, 2.24) is 5.48 Å². The van der Waals surface area contributed by atoms with Crippen molar-refractivity contribution >= 4 is 17.7 Å². The first-order valence-corrected chi connectivity index (χ1v) is 6.06. The van der Waals surface area contributed by atoms with Crippen molar-refractivity contribution in [2.24, 2.45) is 0 Å². The highest BCUT2D eigenvalue weighted by molar-refractivity contribution is 7.98. The Bertz CT molecular complexity index is 344. The van der Waals surface area contributed by atoms with Crippen LogP contribution in [-0.2, 0) is 9.57 Å². The molecule has 0 saturated carbocycles. The number of amides is 1. The normalized spacial score (nSPS) is 10.1. The van der Waals surface area contributed by atoms with Gasteiger partial charge >= 0.3 is 0 Å². The molecule has 1 rings (SSSR count). The number of carbonyl (C=O) groups is 1. The summed E-state index contributed by atoms with van der Waals surface area (Å²) in [5, 5.41) is 0. The van der Waals surface area contributed by atoms with Crippen LogP contribution in [0.2, 0.25) is 0 Å². The van der Waals surface area contributed by atoms with E-state index in [1.54, 1.807) is 13.2 Å². The minimum Gasteiger partial charge on any atom is -0.382 e. The summed E-state index contributed by atoms with van der Waals surface area (Å²) in [4.78, 5) is 17.6. The van der Waals surface area contributed by atoms with Gasteiger partial charge in [-0.2, -0.15) is 0 Å². The molecule has 0 aliphatic carbocycles. The zero-order chi connectivity index (χ0) is 11.8. The molecule has 0 saturated heterocycles. The van der Waals surface area contributed by atoms with E-state index in [1.807, 2.05) is 24.5 Å². The number of hydroxylamine groups is 1. The van der Waals surface area contributed by atoms with Gasteiger partial charge < -0.3 is 4.74 Å². The Hall–Kier alpha value is -1.04. The lowest BCUT2D eigenvalue weighted by atomic mass is 10.2. The third-order valence-corrected chi connectivity index (χ3v) is 2.70. The van der Waals surface area contributed by atoms with Crippen LogP contribution in [0.15, 0.2) is 29.2 Å². The second-order valence-electron chi connectivity index (χ2n) is 2.97. The number of methoxy groups -OCH3 is 1. The number of benzene rings is 1. The lowest BCUT2D eigenvalue weighted by molar-refractivity contribution is 0.00870. The minimum atomic E-state index is -0.235. The van der Waals surface area contributed by atoms with Gasteiger partial charge in [-0.3, -0.25) is 9.63 Å². The number of thioether (sulfide) groups is 1. The molecular formula is C11H15NO3S. The van der Waals surface area contributed by atoms with Gasteiger partial charge in [-0.15, -0.1) is 11.8 Å². The fourth-order valence-electron chi connectivity index (χ4n) is 1.13. The second kappa shape index (κ2) is 7.27. The topological polar surface area (TPSA) is 47.6 Å². The van der Waals surface area contributed by atoms with Crippen molar-refractivity contribution in [3.8, 4) is 0 Å². The van der Waals surface area contributed by atoms with E-state index in [2.05, 4.69) is 5.48 Å². The van der Waals surface area contributed by atoms with Crippen LogP contribution < -0.4 is 5.48 Å². The maximum Gasteiger partial charge on any atom is 0.275 e. The highest BCUT2D eigenvalue weighted by Crippen LogP contribution is 2.19. The van der Waals surface area contributed by atoms with Crippen molar-refractivity contribution in [1.29, 1.82) is 0 Å². The largest absolute Gasteiger partial charge is 0.382 e. The van der Waals surface area contributed by atoms with Gasteiger partial charge in [-0.25, -0.2) is 5.48 Å². The molecule has 0 fully saturated rings. The Morgan fingerprint density at radius 2 is 2.12 bits per heavy atom. The van der Waals surface area contributed by atoms with Crippen molar-refractivity contribution in [2.45, 2.75) is 4.90 Å². The molecule has 5 heteroatoms. The fraction of sp³-hybridized carbons (Fsp3) is 0.364. The van der Waals surface area contributed by atoms with Crippen LogP contribution in [0.3, 0.4) is 0 Å². The van der Waals surface area contributed by atoms with Crippen LogP contribution in [0.1, 0.15) is 10.4 Å². The summed E-state index contributed by atoms with van der Waals surface area (Å²) in [7, 11) is 1.58. The molecule has 0 aliphatic heterocycles. The van der Waals surface area contributed by atoms with Crippen molar-refractivity contribution < 1.29 is 14.4 Å². The molecule has 0 heterocycles. The Labute approximate surface area is 99.3 Å². The molecule has 0 aliphatic rings. The molecular weight excluding hydrogens is 226 g/mol. The second-order valence-corrected chi connectivity index (χ2v) is 3.82. The first kappa shape index (κ1) is 13.0. The molecule has 1 amide bonds. The minimum absolute atomic E-state index is 0.235. The molecule has 1 aromatic carbocycles. The van der Waals surface area contributed by atoms with Gasteiger partial charge in [0.25, 0.3) is 5.91 Å². The van der Waals surface area contributed by atoms with E-state index in [9.17, 15) is 4.79 Å². The van der Waals surface area contributed by atoms with Gasteiger partial charge in [0.1, 0.15) is 0 Å². The number of nitrogens with one attached hydrogen (secondary N) is 1. The number of carbonyl (C=O) groups excluding carboxylic acids is 1. The van der Waals surface area contributed by atoms with Crippen LogP contribution in [0.4, 0.5) is 0 Å². The third-order valence-electron chi connectivity index (χ3n) is 1.91. The monoisotopic (exact) mass is 241 g/mol. The molecule has 0 aromatic heterocycles. The first-order chi connectivity index (χ1) is 7.79. The van der Waals surface area contributed by atoms with Gasteiger partial charge in [-0.05, 0) is 18.4 Å². The highest BCUT2D eigenvalue weighted by atomic mass is 32.2.